The van der Waals surface area contributed by atoms with Gasteiger partial charge in [0.1, 0.15) is 5.60 Å². The van der Waals surface area contributed by atoms with Gasteiger partial charge in [0.05, 0.1) is 29.1 Å². The van der Waals surface area contributed by atoms with Crippen LogP contribution in [0.1, 0.15) is 46.1 Å². The predicted octanol–water partition coefficient (Wildman–Crippen LogP) is 3.34. The van der Waals surface area contributed by atoms with Crippen molar-refractivity contribution >= 4 is 17.6 Å². The van der Waals surface area contributed by atoms with E-state index in [0.29, 0.717) is 17.0 Å². The molecule has 0 aromatic heterocycles. The third-order valence-electron chi connectivity index (χ3n) is 4.20. The fraction of sp³-hybridized carbons (Fsp3) is 0.400. The van der Waals surface area contributed by atoms with Crippen LogP contribution < -0.4 is 5.32 Å². The molecule has 0 aliphatic carbocycles. The maximum atomic E-state index is 13.0. The summed E-state index contributed by atoms with van der Waals surface area (Å²) in [6.07, 6.45) is 0. The van der Waals surface area contributed by atoms with Crippen molar-refractivity contribution in [3.05, 3.63) is 62.5 Å². The van der Waals surface area contributed by atoms with E-state index in [-0.39, 0.29) is 16.8 Å². The van der Waals surface area contributed by atoms with Crippen molar-refractivity contribution in [1.29, 1.82) is 0 Å². The van der Waals surface area contributed by atoms with Crippen LogP contribution in [0.2, 0.25) is 0 Å². The minimum atomic E-state index is -0.858. The summed E-state index contributed by atoms with van der Waals surface area (Å²) < 4.78 is 10.4. The highest BCUT2D eigenvalue weighted by atomic mass is 16.6. The molecule has 1 aliphatic rings. The quantitative estimate of drug-likeness (QED) is 0.479. The molecule has 28 heavy (non-hydrogen) atoms. The Morgan fingerprint density at radius 2 is 1.68 bits per heavy atom. The number of nitro benzene ring substituents is 1. The molecule has 0 bridgehead atoms. The monoisotopic (exact) mass is 388 g/mol. The molecular weight excluding hydrogens is 364 g/mol. The zero-order valence-electron chi connectivity index (χ0n) is 16.8. The first-order chi connectivity index (χ1) is 13.0. The van der Waals surface area contributed by atoms with Gasteiger partial charge in [0, 0.05) is 23.5 Å². The van der Waals surface area contributed by atoms with E-state index >= 15 is 0 Å². The van der Waals surface area contributed by atoms with Crippen LogP contribution in [0.5, 0.6) is 0 Å². The summed E-state index contributed by atoms with van der Waals surface area (Å²) in [6.45, 7) is 8.60. The molecule has 2 rings (SSSR count). The fourth-order valence-electron chi connectivity index (χ4n) is 3.13. The summed E-state index contributed by atoms with van der Waals surface area (Å²) in [5.41, 5.74) is 0.967. The van der Waals surface area contributed by atoms with E-state index in [9.17, 15) is 19.7 Å². The zero-order valence-corrected chi connectivity index (χ0v) is 16.8. The fourth-order valence-corrected chi connectivity index (χ4v) is 3.13. The van der Waals surface area contributed by atoms with Gasteiger partial charge in [0.2, 0.25) is 0 Å². The molecule has 1 aromatic carbocycles. The molecular formula is C20H24N2O6. The lowest BCUT2D eigenvalue weighted by Gasteiger charge is -2.31. The second-order valence-electron chi connectivity index (χ2n) is 7.48. The number of esters is 2. The molecule has 8 heteroatoms. The molecule has 0 saturated carbocycles. The summed E-state index contributed by atoms with van der Waals surface area (Å²) in [4.78, 5) is 36.2. The average molecular weight is 388 g/mol. The van der Waals surface area contributed by atoms with Gasteiger partial charge in [0.25, 0.3) is 5.69 Å². The largest absolute Gasteiger partial charge is 0.466 e. The van der Waals surface area contributed by atoms with Crippen molar-refractivity contribution in [2.45, 2.75) is 46.1 Å². The summed E-state index contributed by atoms with van der Waals surface area (Å²) in [6, 6.07) is 5.85. The van der Waals surface area contributed by atoms with Crippen LogP contribution in [0.25, 0.3) is 0 Å². The third-order valence-corrected chi connectivity index (χ3v) is 4.20. The Hall–Kier alpha value is -3.16. The van der Waals surface area contributed by atoms with Crippen molar-refractivity contribution in [3.63, 3.8) is 0 Å². The lowest BCUT2D eigenvalue weighted by Crippen LogP contribution is -2.34. The first-order valence-corrected chi connectivity index (χ1v) is 8.71. The van der Waals surface area contributed by atoms with E-state index in [1.54, 1.807) is 40.7 Å². The van der Waals surface area contributed by atoms with Crippen LogP contribution in [0.4, 0.5) is 5.69 Å². The summed E-state index contributed by atoms with van der Waals surface area (Å²) in [5, 5.41) is 14.2. The average Bonchev–Trinajstić information content (AvgIpc) is 2.58. The minimum Gasteiger partial charge on any atom is -0.466 e. The molecule has 0 unspecified atom stereocenters. The van der Waals surface area contributed by atoms with Gasteiger partial charge in [0.15, 0.2) is 0 Å². The molecule has 0 spiro atoms. The number of nitrogens with zero attached hydrogens (tertiary/aromatic N) is 1. The summed E-state index contributed by atoms with van der Waals surface area (Å²) >= 11 is 0. The number of nitrogens with one attached hydrogen (secondary N) is 1. The normalized spacial score (nSPS) is 17.1. The van der Waals surface area contributed by atoms with Crippen molar-refractivity contribution in [1.82, 2.24) is 5.32 Å². The van der Waals surface area contributed by atoms with E-state index in [1.807, 2.05) is 0 Å². The molecule has 1 N–H and O–H groups in total. The molecule has 0 fully saturated rings. The van der Waals surface area contributed by atoms with Gasteiger partial charge >= 0.3 is 11.9 Å². The van der Waals surface area contributed by atoms with Gasteiger partial charge in [-0.2, -0.15) is 0 Å². The number of carbonyl (C=O) groups excluding carboxylic acids is 2. The SMILES string of the molecule is COC(=O)C1=C(C)NC(C)=C(C(=O)OC(C)(C)C)[C@H]1c1cccc([N+](=O)[O-])c1. The number of nitro groups is 1. The zero-order chi connectivity index (χ0) is 21.2. The molecule has 0 radical (unpaired) electrons. The highest BCUT2D eigenvalue weighted by Crippen LogP contribution is 2.40. The van der Waals surface area contributed by atoms with Crippen LogP contribution in [0, 0.1) is 10.1 Å². The standard InChI is InChI=1S/C20H24N2O6/c1-11-15(18(23)27-6)17(13-8-7-9-14(10-13)22(25)26)16(12(2)21-11)19(24)28-20(3,4)5/h7-10,17,21H,1-6H3/t17-/m0/s1. The lowest BCUT2D eigenvalue weighted by atomic mass is 9.80. The number of methoxy groups -OCH3 is 1. The van der Waals surface area contributed by atoms with E-state index in [4.69, 9.17) is 9.47 Å². The second kappa shape index (κ2) is 7.84. The van der Waals surface area contributed by atoms with Crippen LogP contribution in [0.3, 0.4) is 0 Å². The summed E-state index contributed by atoms with van der Waals surface area (Å²) in [5.74, 6) is -2.10. The van der Waals surface area contributed by atoms with Crippen LogP contribution in [-0.2, 0) is 19.1 Å². The number of benzene rings is 1. The molecule has 8 nitrogen and oxygen atoms in total. The van der Waals surface area contributed by atoms with Crippen LogP contribution >= 0.6 is 0 Å². The predicted molar refractivity (Wildman–Crippen MR) is 102 cm³/mol. The van der Waals surface area contributed by atoms with E-state index in [0.717, 1.165) is 0 Å². The topological polar surface area (TPSA) is 108 Å². The Balaban J connectivity index is 2.70. The third kappa shape index (κ3) is 4.39. The smallest absolute Gasteiger partial charge is 0.337 e. The number of hydrogen-bond donors (Lipinski definition) is 1. The van der Waals surface area contributed by atoms with Gasteiger partial charge in [-0.05, 0) is 40.2 Å². The van der Waals surface area contributed by atoms with E-state index in [2.05, 4.69) is 5.32 Å². The first-order valence-electron chi connectivity index (χ1n) is 8.71. The number of allylic oxidation sites excluding steroid dienone is 2. The Bertz CT molecular complexity index is 892. The number of carbonyl (C=O) groups is 2. The van der Waals surface area contributed by atoms with Gasteiger partial charge in [-0.1, -0.05) is 12.1 Å². The molecule has 0 saturated heterocycles. The van der Waals surface area contributed by atoms with Gasteiger partial charge < -0.3 is 14.8 Å². The molecule has 150 valence electrons. The van der Waals surface area contributed by atoms with E-state index in [1.165, 1.54) is 25.3 Å². The molecule has 1 atom stereocenters. The molecule has 1 heterocycles. The summed E-state index contributed by atoms with van der Waals surface area (Å²) in [7, 11) is 1.24. The van der Waals surface area contributed by atoms with Gasteiger partial charge in [-0.15, -0.1) is 0 Å². The lowest BCUT2D eigenvalue weighted by molar-refractivity contribution is -0.384. The number of ether oxygens (including phenoxy) is 2. The molecule has 1 aromatic rings. The van der Waals surface area contributed by atoms with Crippen molar-refractivity contribution < 1.29 is 24.0 Å². The Morgan fingerprint density at radius 3 is 2.18 bits per heavy atom. The van der Waals surface area contributed by atoms with Gasteiger partial charge in [-0.25, -0.2) is 9.59 Å². The maximum Gasteiger partial charge on any atom is 0.337 e. The molecule has 1 aliphatic heterocycles. The Labute approximate surface area is 163 Å². The highest BCUT2D eigenvalue weighted by molar-refractivity contribution is 6.00. The highest BCUT2D eigenvalue weighted by Gasteiger charge is 2.39. The Morgan fingerprint density at radius 1 is 1.11 bits per heavy atom. The van der Waals surface area contributed by atoms with Crippen LogP contribution in [0.15, 0.2) is 46.8 Å². The van der Waals surface area contributed by atoms with Crippen molar-refractivity contribution in [2.24, 2.45) is 0 Å². The number of hydrogen-bond acceptors (Lipinski definition) is 7. The Kier molecular flexibility index (Phi) is 5.92. The maximum absolute atomic E-state index is 13.0. The first kappa shape index (κ1) is 21.1. The second-order valence-corrected chi connectivity index (χ2v) is 7.48. The number of non-ortho nitro benzene ring substituents is 1. The molecule has 0 amide bonds. The minimum absolute atomic E-state index is 0.140. The van der Waals surface area contributed by atoms with Gasteiger partial charge in [-0.3, -0.25) is 10.1 Å². The number of dihydropyridines is 1. The van der Waals surface area contributed by atoms with Crippen molar-refractivity contribution in [3.8, 4) is 0 Å². The number of rotatable bonds is 4. The van der Waals surface area contributed by atoms with Crippen LogP contribution in [-0.4, -0.2) is 29.6 Å². The van der Waals surface area contributed by atoms with Crippen molar-refractivity contribution in [2.75, 3.05) is 7.11 Å². The van der Waals surface area contributed by atoms with E-state index < -0.39 is 28.4 Å².